The number of para-hydroxylation sites is 3. The van der Waals surface area contributed by atoms with Crippen LogP contribution in [0.3, 0.4) is 0 Å². The molecule has 0 unspecified atom stereocenters. The van der Waals surface area contributed by atoms with E-state index in [-0.39, 0.29) is 0 Å². The number of hydrogen-bond donors (Lipinski definition) is 2. The fraction of sp³-hybridized carbons (Fsp3) is 0.0455. The third-order valence-corrected chi connectivity index (χ3v) is 4.74. The lowest BCUT2D eigenvalue weighted by Gasteiger charge is -2.19. The van der Waals surface area contributed by atoms with E-state index in [1.165, 1.54) is 0 Å². The molecule has 0 saturated heterocycles. The fourth-order valence-electron chi connectivity index (χ4n) is 3.25. The Kier molecular flexibility index (Phi) is 3.87. The van der Waals surface area contributed by atoms with Gasteiger partial charge >= 0.3 is 0 Å². The summed E-state index contributed by atoms with van der Waals surface area (Å²) < 4.78 is 0. The largest absolute Gasteiger partial charge is 0.322 e. The van der Waals surface area contributed by atoms with Gasteiger partial charge in [0.15, 0.2) is 5.82 Å². The summed E-state index contributed by atoms with van der Waals surface area (Å²) in [5.74, 6) is 2.08. The predicted octanol–water partition coefficient (Wildman–Crippen LogP) is 5.02. The highest BCUT2D eigenvalue weighted by atomic mass is 15.3. The monoisotopic (exact) mass is 366 g/mol. The molecule has 6 heteroatoms. The van der Waals surface area contributed by atoms with E-state index >= 15 is 0 Å². The van der Waals surface area contributed by atoms with E-state index in [0.29, 0.717) is 5.95 Å². The summed E-state index contributed by atoms with van der Waals surface area (Å²) >= 11 is 0. The van der Waals surface area contributed by atoms with Crippen molar-refractivity contribution in [2.75, 3.05) is 17.3 Å². The Balaban J connectivity index is 1.63. The molecule has 0 amide bonds. The molecule has 5 aromatic rings. The van der Waals surface area contributed by atoms with Crippen molar-refractivity contribution in [3.05, 3.63) is 78.9 Å². The van der Waals surface area contributed by atoms with Crippen LogP contribution in [0.2, 0.25) is 0 Å². The zero-order valence-corrected chi connectivity index (χ0v) is 15.3. The van der Waals surface area contributed by atoms with Crippen molar-refractivity contribution in [1.82, 2.24) is 20.2 Å². The number of nitrogens with one attached hydrogen (secondary N) is 2. The second kappa shape index (κ2) is 6.66. The van der Waals surface area contributed by atoms with Crippen LogP contribution >= 0.6 is 0 Å². The molecule has 0 atom stereocenters. The van der Waals surface area contributed by atoms with Crippen molar-refractivity contribution < 1.29 is 0 Å². The summed E-state index contributed by atoms with van der Waals surface area (Å²) in [5.41, 5.74) is 2.87. The molecule has 2 N–H and O–H groups in total. The van der Waals surface area contributed by atoms with E-state index in [2.05, 4.69) is 15.5 Å². The topological polar surface area (TPSA) is 69.7 Å². The molecular weight excluding hydrogens is 348 g/mol. The van der Waals surface area contributed by atoms with Crippen molar-refractivity contribution in [3.8, 4) is 0 Å². The van der Waals surface area contributed by atoms with Gasteiger partial charge in [-0.1, -0.05) is 42.5 Å². The Bertz CT molecular complexity index is 1260. The van der Waals surface area contributed by atoms with Gasteiger partial charge in [-0.3, -0.25) is 5.10 Å². The second-order valence-electron chi connectivity index (χ2n) is 6.53. The zero-order valence-electron chi connectivity index (χ0n) is 15.3. The Morgan fingerprint density at radius 3 is 2.32 bits per heavy atom. The van der Waals surface area contributed by atoms with Crippen LogP contribution in [-0.2, 0) is 0 Å². The van der Waals surface area contributed by atoms with Crippen molar-refractivity contribution >= 4 is 45.1 Å². The van der Waals surface area contributed by atoms with Crippen LogP contribution in [0.25, 0.3) is 21.8 Å². The number of rotatable bonds is 4. The van der Waals surface area contributed by atoms with Crippen LogP contribution in [0, 0.1) is 0 Å². The van der Waals surface area contributed by atoms with Crippen molar-refractivity contribution in [3.63, 3.8) is 0 Å². The minimum atomic E-state index is 0.618. The van der Waals surface area contributed by atoms with Crippen LogP contribution < -0.4 is 10.2 Å². The number of aromatic nitrogens is 4. The first-order chi connectivity index (χ1) is 13.8. The highest BCUT2D eigenvalue weighted by Crippen LogP contribution is 2.30. The minimum absolute atomic E-state index is 0.618. The standard InChI is InChI=1S/C22H18N6/c1-28(15-9-3-2-4-10-15)22-23-18-13-7-5-11-16(18)20(25-22)24-21-17-12-6-8-14-19(17)26-27-21/h2-14H,1H3,(H2,23,24,25,26,27). The number of anilines is 4. The fourth-order valence-corrected chi connectivity index (χ4v) is 3.25. The molecule has 6 nitrogen and oxygen atoms in total. The summed E-state index contributed by atoms with van der Waals surface area (Å²) in [6.07, 6.45) is 0. The highest BCUT2D eigenvalue weighted by molar-refractivity contribution is 5.96. The van der Waals surface area contributed by atoms with E-state index in [1.807, 2.05) is 90.8 Å². The van der Waals surface area contributed by atoms with E-state index in [0.717, 1.165) is 39.1 Å². The summed E-state index contributed by atoms with van der Waals surface area (Å²) in [6.45, 7) is 0. The molecule has 3 aromatic carbocycles. The summed E-state index contributed by atoms with van der Waals surface area (Å²) in [7, 11) is 1.97. The number of aromatic amines is 1. The molecule has 0 aliphatic heterocycles. The smallest absolute Gasteiger partial charge is 0.232 e. The van der Waals surface area contributed by atoms with Crippen LogP contribution in [0.15, 0.2) is 78.9 Å². The van der Waals surface area contributed by atoms with Crippen LogP contribution in [0.4, 0.5) is 23.3 Å². The third kappa shape index (κ3) is 2.81. The van der Waals surface area contributed by atoms with Gasteiger partial charge < -0.3 is 10.2 Å². The molecule has 2 aromatic heterocycles. The maximum atomic E-state index is 4.81. The average molecular weight is 366 g/mol. The number of benzene rings is 3. The lowest BCUT2D eigenvalue weighted by atomic mass is 10.2. The van der Waals surface area contributed by atoms with Gasteiger partial charge in [-0.05, 0) is 36.4 Å². The number of fused-ring (bicyclic) bond motifs is 2. The van der Waals surface area contributed by atoms with Gasteiger partial charge in [0.2, 0.25) is 5.95 Å². The van der Waals surface area contributed by atoms with Gasteiger partial charge in [0.1, 0.15) is 5.82 Å². The summed E-state index contributed by atoms with van der Waals surface area (Å²) in [6, 6.07) is 26.0. The molecule has 5 rings (SSSR count). The summed E-state index contributed by atoms with van der Waals surface area (Å²) in [5, 5.41) is 12.8. The molecule has 136 valence electrons. The molecule has 2 heterocycles. The van der Waals surface area contributed by atoms with Crippen LogP contribution in [0.5, 0.6) is 0 Å². The number of H-pyrrole nitrogens is 1. The molecule has 0 fully saturated rings. The molecule has 0 bridgehead atoms. The first-order valence-corrected chi connectivity index (χ1v) is 9.05. The summed E-state index contributed by atoms with van der Waals surface area (Å²) in [4.78, 5) is 11.5. The van der Waals surface area contributed by atoms with Gasteiger partial charge in [-0.15, -0.1) is 0 Å². The van der Waals surface area contributed by atoms with E-state index in [9.17, 15) is 0 Å². The van der Waals surface area contributed by atoms with Gasteiger partial charge in [-0.2, -0.15) is 10.1 Å². The maximum absolute atomic E-state index is 4.81. The Hall–Kier alpha value is -3.93. The average Bonchev–Trinajstić information content (AvgIpc) is 3.17. The minimum Gasteiger partial charge on any atom is -0.322 e. The van der Waals surface area contributed by atoms with Crippen molar-refractivity contribution in [2.24, 2.45) is 0 Å². The SMILES string of the molecule is CN(c1ccccc1)c1nc(Nc2n[nH]c3ccccc23)c2ccccc2n1. The van der Waals surface area contributed by atoms with Gasteiger partial charge in [0.25, 0.3) is 0 Å². The first-order valence-electron chi connectivity index (χ1n) is 9.05. The first kappa shape index (κ1) is 16.3. The van der Waals surface area contributed by atoms with Gasteiger partial charge in [0, 0.05) is 23.5 Å². The lowest BCUT2D eigenvalue weighted by Crippen LogP contribution is -2.14. The van der Waals surface area contributed by atoms with E-state index in [1.54, 1.807) is 0 Å². The van der Waals surface area contributed by atoms with Crippen molar-refractivity contribution in [2.45, 2.75) is 0 Å². The quantitative estimate of drug-likeness (QED) is 0.467. The molecule has 28 heavy (non-hydrogen) atoms. The van der Waals surface area contributed by atoms with Crippen LogP contribution in [0.1, 0.15) is 0 Å². The lowest BCUT2D eigenvalue weighted by molar-refractivity contribution is 1.06. The highest BCUT2D eigenvalue weighted by Gasteiger charge is 2.14. The second-order valence-corrected chi connectivity index (χ2v) is 6.53. The zero-order chi connectivity index (χ0) is 18.9. The van der Waals surface area contributed by atoms with E-state index in [4.69, 9.17) is 9.97 Å². The third-order valence-electron chi connectivity index (χ3n) is 4.74. The Morgan fingerprint density at radius 1 is 0.750 bits per heavy atom. The van der Waals surface area contributed by atoms with E-state index < -0.39 is 0 Å². The van der Waals surface area contributed by atoms with Gasteiger partial charge in [0.05, 0.1) is 11.0 Å². The molecule has 0 aliphatic carbocycles. The molecule has 0 spiro atoms. The maximum Gasteiger partial charge on any atom is 0.232 e. The van der Waals surface area contributed by atoms with Crippen molar-refractivity contribution in [1.29, 1.82) is 0 Å². The molecule has 0 radical (unpaired) electrons. The van der Waals surface area contributed by atoms with Gasteiger partial charge in [-0.25, -0.2) is 4.98 Å². The normalized spacial score (nSPS) is 11.0. The molecular formula is C22H18N6. The Labute approximate surface area is 161 Å². The number of nitrogens with zero attached hydrogens (tertiary/aromatic N) is 4. The predicted molar refractivity (Wildman–Crippen MR) is 113 cm³/mol. The molecule has 0 aliphatic rings. The Morgan fingerprint density at radius 2 is 1.46 bits per heavy atom. The number of hydrogen-bond acceptors (Lipinski definition) is 5. The molecule has 0 saturated carbocycles. The van der Waals surface area contributed by atoms with Crippen LogP contribution in [-0.4, -0.2) is 27.2 Å².